The van der Waals surface area contributed by atoms with Crippen molar-refractivity contribution in [1.29, 1.82) is 0 Å². The van der Waals surface area contributed by atoms with Crippen LogP contribution in [0, 0.1) is 0 Å². The lowest BCUT2D eigenvalue weighted by Gasteiger charge is -2.22. The summed E-state index contributed by atoms with van der Waals surface area (Å²) in [6, 6.07) is 7.00. The number of rotatable bonds is 7. The van der Waals surface area contributed by atoms with Gasteiger partial charge in [0.1, 0.15) is 0 Å². The van der Waals surface area contributed by atoms with Gasteiger partial charge in [-0.2, -0.15) is 0 Å². The highest BCUT2D eigenvalue weighted by molar-refractivity contribution is 9.10. The minimum Gasteiger partial charge on any atom is -0.374 e. The van der Waals surface area contributed by atoms with Crippen LogP contribution in [0.25, 0.3) is 0 Å². The van der Waals surface area contributed by atoms with Crippen LogP contribution in [0.3, 0.4) is 0 Å². The van der Waals surface area contributed by atoms with E-state index in [1.165, 1.54) is 24.1 Å². The summed E-state index contributed by atoms with van der Waals surface area (Å²) in [4.78, 5) is 13.5. The Morgan fingerprint density at radius 1 is 1.45 bits per heavy atom. The number of hydrogen-bond acceptors (Lipinski definition) is 3. The van der Waals surface area contributed by atoms with Crippen molar-refractivity contribution in [3.05, 3.63) is 28.2 Å². The number of nitrogens with zero attached hydrogens (tertiary/aromatic N) is 1. The Morgan fingerprint density at radius 3 is 2.85 bits per heavy atom. The Bertz CT molecular complexity index is 474. The molecule has 2 rings (SSSR count). The van der Waals surface area contributed by atoms with Crippen LogP contribution in [0.4, 0.5) is 5.69 Å². The fourth-order valence-electron chi connectivity index (χ4n) is 2.12. The predicted molar refractivity (Wildman–Crippen MR) is 86.0 cm³/mol. The first-order valence-corrected chi connectivity index (χ1v) is 7.83. The molecule has 1 fully saturated rings. The first-order chi connectivity index (χ1) is 9.60. The molecule has 4 nitrogen and oxygen atoms in total. The standard InChI is InChI=1S/C15H22BrN3O/c1-17-15(20)7-8-19(2)14-6-3-12(16)9-11(14)10-18-13-4-5-13/h3,6,9,13,18H,4-5,7-8,10H2,1-2H3,(H,17,20). The number of halogens is 1. The summed E-state index contributed by atoms with van der Waals surface area (Å²) in [6.07, 6.45) is 3.09. The minimum atomic E-state index is 0.0756. The van der Waals surface area contributed by atoms with Gasteiger partial charge in [0.15, 0.2) is 0 Å². The Labute approximate surface area is 129 Å². The average molecular weight is 340 g/mol. The van der Waals surface area contributed by atoms with Gasteiger partial charge in [0.05, 0.1) is 0 Å². The van der Waals surface area contributed by atoms with Crippen LogP contribution in [-0.2, 0) is 11.3 Å². The first-order valence-electron chi connectivity index (χ1n) is 7.03. The molecule has 5 heteroatoms. The molecule has 1 aromatic carbocycles. The number of benzene rings is 1. The second kappa shape index (κ2) is 7.09. The molecule has 1 amide bonds. The quantitative estimate of drug-likeness (QED) is 0.800. The molecule has 1 saturated carbocycles. The third-order valence-corrected chi connectivity index (χ3v) is 4.06. The summed E-state index contributed by atoms with van der Waals surface area (Å²) in [5, 5.41) is 6.20. The Morgan fingerprint density at radius 2 is 2.20 bits per heavy atom. The molecule has 0 radical (unpaired) electrons. The molecule has 2 N–H and O–H groups in total. The van der Waals surface area contributed by atoms with Gasteiger partial charge in [-0.3, -0.25) is 4.79 Å². The maximum atomic E-state index is 11.4. The van der Waals surface area contributed by atoms with Crippen molar-refractivity contribution in [2.75, 3.05) is 25.5 Å². The van der Waals surface area contributed by atoms with E-state index in [1.54, 1.807) is 7.05 Å². The molecule has 0 unspecified atom stereocenters. The number of hydrogen-bond donors (Lipinski definition) is 2. The molecular formula is C15H22BrN3O. The fourth-order valence-corrected chi connectivity index (χ4v) is 2.53. The van der Waals surface area contributed by atoms with E-state index >= 15 is 0 Å². The number of nitrogens with one attached hydrogen (secondary N) is 2. The molecule has 0 atom stereocenters. The van der Waals surface area contributed by atoms with Gasteiger partial charge in [0.25, 0.3) is 0 Å². The van der Waals surface area contributed by atoms with Gasteiger partial charge in [-0.05, 0) is 36.6 Å². The number of amides is 1. The van der Waals surface area contributed by atoms with Crippen LogP contribution in [-0.4, -0.2) is 32.6 Å². The van der Waals surface area contributed by atoms with E-state index in [2.05, 4.69) is 43.6 Å². The second-order valence-electron chi connectivity index (χ2n) is 5.27. The van der Waals surface area contributed by atoms with Gasteiger partial charge in [0.2, 0.25) is 5.91 Å². The van der Waals surface area contributed by atoms with Crippen molar-refractivity contribution < 1.29 is 4.79 Å². The zero-order valence-corrected chi connectivity index (χ0v) is 13.7. The maximum absolute atomic E-state index is 11.4. The zero-order chi connectivity index (χ0) is 14.5. The highest BCUT2D eigenvalue weighted by Crippen LogP contribution is 2.26. The van der Waals surface area contributed by atoms with E-state index in [1.807, 2.05) is 13.1 Å². The first kappa shape index (κ1) is 15.3. The maximum Gasteiger partial charge on any atom is 0.221 e. The Hall–Kier alpha value is -1.07. The summed E-state index contributed by atoms with van der Waals surface area (Å²) < 4.78 is 1.09. The van der Waals surface area contributed by atoms with Gasteiger partial charge < -0.3 is 15.5 Å². The van der Waals surface area contributed by atoms with Crippen molar-refractivity contribution in [1.82, 2.24) is 10.6 Å². The molecule has 20 heavy (non-hydrogen) atoms. The smallest absolute Gasteiger partial charge is 0.221 e. The second-order valence-corrected chi connectivity index (χ2v) is 6.19. The fraction of sp³-hybridized carbons (Fsp3) is 0.533. The lowest BCUT2D eigenvalue weighted by molar-refractivity contribution is -0.120. The van der Waals surface area contributed by atoms with E-state index in [9.17, 15) is 4.79 Å². The Balaban J connectivity index is 2.01. The molecule has 0 spiro atoms. The number of carbonyl (C=O) groups excluding carboxylic acids is 1. The summed E-state index contributed by atoms with van der Waals surface area (Å²) >= 11 is 3.53. The van der Waals surface area contributed by atoms with Crippen molar-refractivity contribution in [2.24, 2.45) is 0 Å². The van der Waals surface area contributed by atoms with Crippen molar-refractivity contribution in [3.63, 3.8) is 0 Å². The number of anilines is 1. The van der Waals surface area contributed by atoms with E-state index in [0.717, 1.165) is 17.6 Å². The molecular weight excluding hydrogens is 318 g/mol. The van der Waals surface area contributed by atoms with Crippen LogP contribution in [0.5, 0.6) is 0 Å². The molecule has 0 saturated heterocycles. The summed E-state index contributed by atoms with van der Waals surface area (Å²) in [7, 11) is 3.71. The van der Waals surface area contributed by atoms with Gasteiger partial charge in [0, 0.05) is 49.8 Å². The third-order valence-electron chi connectivity index (χ3n) is 3.56. The van der Waals surface area contributed by atoms with Crippen molar-refractivity contribution in [3.8, 4) is 0 Å². The van der Waals surface area contributed by atoms with Crippen molar-refractivity contribution in [2.45, 2.75) is 31.8 Å². The molecule has 110 valence electrons. The molecule has 0 aliphatic heterocycles. The monoisotopic (exact) mass is 339 g/mol. The van der Waals surface area contributed by atoms with E-state index in [-0.39, 0.29) is 5.91 Å². The van der Waals surface area contributed by atoms with Crippen LogP contribution in [0.1, 0.15) is 24.8 Å². The minimum absolute atomic E-state index is 0.0756. The predicted octanol–water partition coefficient (Wildman–Crippen LogP) is 2.27. The zero-order valence-electron chi connectivity index (χ0n) is 12.1. The molecule has 1 aromatic rings. The molecule has 0 heterocycles. The van der Waals surface area contributed by atoms with Crippen molar-refractivity contribution >= 4 is 27.5 Å². The van der Waals surface area contributed by atoms with E-state index < -0.39 is 0 Å². The van der Waals surface area contributed by atoms with Gasteiger partial charge >= 0.3 is 0 Å². The van der Waals surface area contributed by atoms with Crippen LogP contribution >= 0.6 is 15.9 Å². The summed E-state index contributed by atoms with van der Waals surface area (Å²) in [5.74, 6) is 0.0756. The van der Waals surface area contributed by atoms with Crippen LogP contribution in [0.15, 0.2) is 22.7 Å². The van der Waals surface area contributed by atoms with E-state index in [4.69, 9.17) is 0 Å². The number of carbonyl (C=O) groups is 1. The summed E-state index contributed by atoms with van der Waals surface area (Å²) in [6.45, 7) is 1.60. The average Bonchev–Trinajstić information content (AvgIpc) is 3.26. The summed E-state index contributed by atoms with van der Waals surface area (Å²) in [5.41, 5.74) is 2.45. The lowest BCUT2D eigenvalue weighted by atomic mass is 10.1. The van der Waals surface area contributed by atoms with E-state index in [0.29, 0.717) is 12.5 Å². The molecule has 1 aliphatic carbocycles. The topological polar surface area (TPSA) is 44.4 Å². The third kappa shape index (κ3) is 4.49. The highest BCUT2D eigenvalue weighted by atomic mass is 79.9. The highest BCUT2D eigenvalue weighted by Gasteiger charge is 2.21. The lowest BCUT2D eigenvalue weighted by Crippen LogP contribution is -2.27. The Kier molecular flexibility index (Phi) is 5.43. The molecule has 1 aliphatic rings. The largest absolute Gasteiger partial charge is 0.374 e. The van der Waals surface area contributed by atoms with Gasteiger partial charge in [-0.25, -0.2) is 0 Å². The SMILES string of the molecule is CNC(=O)CCN(C)c1ccc(Br)cc1CNC1CC1. The van der Waals surface area contributed by atoms with Crippen LogP contribution in [0.2, 0.25) is 0 Å². The van der Waals surface area contributed by atoms with Gasteiger partial charge in [-0.1, -0.05) is 15.9 Å². The van der Waals surface area contributed by atoms with Gasteiger partial charge in [-0.15, -0.1) is 0 Å². The normalized spacial score (nSPS) is 14.2. The molecule has 0 bridgehead atoms. The van der Waals surface area contributed by atoms with Crippen LogP contribution < -0.4 is 15.5 Å². The molecule has 0 aromatic heterocycles.